The van der Waals surface area contributed by atoms with Crippen LogP contribution in [0.4, 0.5) is 0 Å². The van der Waals surface area contributed by atoms with E-state index in [4.69, 9.17) is 11.6 Å². The van der Waals surface area contributed by atoms with Crippen molar-refractivity contribution in [1.29, 1.82) is 0 Å². The Balaban J connectivity index is 0.00000182. The van der Waals surface area contributed by atoms with E-state index >= 15 is 0 Å². The molecular weight excluding hydrogens is 417 g/mol. The van der Waals surface area contributed by atoms with Crippen molar-refractivity contribution < 1.29 is 0 Å². The molecule has 0 aromatic heterocycles. The van der Waals surface area contributed by atoms with Crippen LogP contribution in [0.25, 0.3) is 0 Å². The average Bonchev–Trinajstić information content (AvgIpc) is 2.65. The molecule has 0 spiro atoms. The van der Waals surface area contributed by atoms with Crippen LogP contribution in [-0.2, 0) is 12.3 Å². The van der Waals surface area contributed by atoms with Gasteiger partial charge in [0.05, 0.1) is 0 Å². The standard InChI is InChI=1S/C22H28ClNS.2ClH/c23-22-9-5-4-8-21(22)15-24-14-18-10-12-20(13-11-18)17-25-16-19-6-2-1-3-7-19;;/h1-9,18,20,24H,10-17H2;2*1H. The van der Waals surface area contributed by atoms with Gasteiger partial charge in [-0.1, -0.05) is 60.1 Å². The number of hydrogen-bond donors (Lipinski definition) is 1. The number of thioether (sulfide) groups is 1. The smallest absolute Gasteiger partial charge is 0.0450 e. The minimum atomic E-state index is 0. The summed E-state index contributed by atoms with van der Waals surface area (Å²) in [5.41, 5.74) is 2.65. The highest BCUT2D eigenvalue weighted by atomic mass is 35.5. The molecule has 0 heterocycles. The van der Waals surface area contributed by atoms with Crippen LogP contribution < -0.4 is 5.32 Å². The van der Waals surface area contributed by atoms with Crippen molar-refractivity contribution in [2.24, 2.45) is 11.8 Å². The fourth-order valence-corrected chi connectivity index (χ4v) is 4.99. The molecule has 1 N–H and O–H groups in total. The molecule has 5 heteroatoms. The van der Waals surface area contributed by atoms with Crippen molar-refractivity contribution in [2.75, 3.05) is 12.3 Å². The number of rotatable bonds is 8. The fourth-order valence-electron chi connectivity index (χ4n) is 3.57. The SMILES string of the molecule is Cl.Cl.Clc1ccccc1CNCC1CCC(CSCc2ccccc2)CC1. The first-order valence-corrected chi connectivity index (χ1v) is 10.9. The Morgan fingerprint density at radius 2 is 1.48 bits per heavy atom. The highest BCUT2D eigenvalue weighted by molar-refractivity contribution is 7.98. The molecule has 1 aliphatic carbocycles. The molecule has 1 nitrogen and oxygen atoms in total. The molecule has 27 heavy (non-hydrogen) atoms. The molecule has 0 radical (unpaired) electrons. The molecular formula is C22H30Cl3NS. The van der Waals surface area contributed by atoms with E-state index in [2.05, 4.69) is 59.5 Å². The highest BCUT2D eigenvalue weighted by Gasteiger charge is 2.20. The van der Waals surface area contributed by atoms with Gasteiger partial charge in [-0.3, -0.25) is 0 Å². The van der Waals surface area contributed by atoms with E-state index in [1.54, 1.807) is 0 Å². The predicted octanol–water partition coefficient (Wildman–Crippen LogP) is 7.01. The van der Waals surface area contributed by atoms with E-state index < -0.39 is 0 Å². The largest absolute Gasteiger partial charge is 0.312 e. The molecule has 1 saturated carbocycles. The van der Waals surface area contributed by atoms with E-state index in [9.17, 15) is 0 Å². The van der Waals surface area contributed by atoms with Crippen molar-refractivity contribution in [3.8, 4) is 0 Å². The van der Waals surface area contributed by atoms with Crippen molar-refractivity contribution in [3.63, 3.8) is 0 Å². The van der Waals surface area contributed by atoms with Crippen LogP contribution >= 0.6 is 48.2 Å². The van der Waals surface area contributed by atoms with Gasteiger partial charge in [0.25, 0.3) is 0 Å². The number of nitrogens with one attached hydrogen (secondary N) is 1. The lowest BCUT2D eigenvalue weighted by Crippen LogP contribution is -2.26. The van der Waals surface area contributed by atoms with Crippen LogP contribution in [0, 0.1) is 11.8 Å². The first-order valence-electron chi connectivity index (χ1n) is 9.37. The summed E-state index contributed by atoms with van der Waals surface area (Å²) in [6.07, 6.45) is 5.51. The molecule has 1 fully saturated rings. The van der Waals surface area contributed by atoms with Crippen molar-refractivity contribution >= 4 is 48.2 Å². The second kappa shape index (κ2) is 13.7. The monoisotopic (exact) mass is 445 g/mol. The van der Waals surface area contributed by atoms with Crippen molar-refractivity contribution in [1.82, 2.24) is 5.32 Å². The van der Waals surface area contributed by atoms with Gasteiger partial charge in [0, 0.05) is 17.3 Å². The van der Waals surface area contributed by atoms with Crippen LogP contribution in [0.1, 0.15) is 36.8 Å². The predicted molar refractivity (Wildman–Crippen MR) is 126 cm³/mol. The van der Waals surface area contributed by atoms with Crippen LogP contribution in [0.5, 0.6) is 0 Å². The lowest BCUT2D eigenvalue weighted by Gasteiger charge is -2.28. The summed E-state index contributed by atoms with van der Waals surface area (Å²) in [5, 5.41) is 4.47. The maximum atomic E-state index is 6.22. The maximum absolute atomic E-state index is 6.22. The van der Waals surface area contributed by atoms with Gasteiger partial charge < -0.3 is 5.32 Å². The van der Waals surface area contributed by atoms with E-state index in [0.717, 1.165) is 35.7 Å². The van der Waals surface area contributed by atoms with Crippen molar-refractivity contribution in [2.45, 2.75) is 38.0 Å². The highest BCUT2D eigenvalue weighted by Crippen LogP contribution is 2.31. The number of benzene rings is 2. The molecule has 0 saturated heterocycles. The average molecular weight is 447 g/mol. The summed E-state index contributed by atoms with van der Waals surface area (Å²) in [4.78, 5) is 0. The summed E-state index contributed by atoms with van der Waals surface area (Å²) in [7, 11) is 0. The molecule has 0 atom stereocenters. The Morgan fingerprint density at radius 3 is 2.19 bits per heavy atom. The molecule has 2 aromatic carbocycles. The van der Waals surface area contributed by atoms with Gasteiger partial charge in [-0.25, -0.2) is 0 Å². The summed E-state index contributed by atoms with van der Waals surface area (Å²) >= 11 is 8.32. The molecule has 0 unspecified atom stereocenters. The van der Waals surface area contributed by atoms with Gasteiger partial charge in [0.15, 0.2) is 0 Å². The zero-order valence-corrected chi connectivity index (χ0v) is 18.8. The lowest BCUT2D eigenvalue weighted by molar-refractivity contribution is 0.284. The van der Waals surface area contributed by atoms with E-state index in [0.29, 0.717) is 0 Å². The minimum Gasteiger partial charge on any atom is -0.312 e. The Bertz CT molecular complexity index is 630. The van der Waals surface area contributed by atoms with Gasteiger partial charge in [-0.15, -0.1) is 24.8 Å². The third-order valence-corrected chi connectivity index (χ3v) is 6.75. The summed E-state index contributed by atoms with van der Waals surface area (Å²) < 4.78 is 0. The third-order valence-electron chi connectivity index (χ3n) is 5.14. The van der Waals surface area contributed by atoms with E-state index in [-0.39, 0.29) is 24.8 Å². The zero-order chi connectivity index (χ0) is 17.3. The molecule has 3 rings (SSSR count). The minimum absolute atomic E-state index is 0. The van der Waals surface area contributed by atoms with E-state index in [1.165, 1.54) is 42.6 Å². The van der Waals surface area contributed by atoms with Crippen molar-refractivity contribution in [3.05, 3.63) is 70.7 Å². The summed E-state index contributed by atoms with van der Waals surface area (Å²) in [5.74, 6) is 4.21. The van der Waals surface area contributed by atoms with Crippen LogP contribution in [0.15, 0.2) is 54.6 Å². The molecule has 0 aliphatic heterocycles. The topological polar surface area (TPSA) is 12.0 Å². The van der Waals surface area contributed by atoms with Crippen LogP contribution in [0.2, 0.25) is 5.02 Å². The first kappa shape index (κ1) is 24.7. The molecule has 150 valence electrons. The first-order chi connectivity index (χ1) is 12.3. The van der Waals surface area contributed by atoms with Gasteiger partial charge in [0.2, 0.25) is 0 Å². The summed E-state index contributed by atoms with van der Waals surface area (Å²) in [6.45, 7) is 2.00. The molecule has 0 bridgehead atoms. The van der Waals surface area contributed by atoms with Gasteiger partial charge in [0.1, 0.15) is 0 Å². The number of hydrogen-bond acceptors (Lipinski definition) is 2. The Hall–Kier alpha value is -0.380. The number of halogens is 3. The second-order valence-electron chi connectivity index (χ2n) is 7.11. The quantitative estimate of drug-likeness (QED) is 0.468. The molecule has 1 aliphatic rings. The summed E-state index contributed by atoms with van der Waals surface area (Å²) in [6, 6.07) is 18.9. The van der Waals surface area contributed by atoms with Gasteiger partial charge in [-0.2, -0.15) is 11.8 Å². The third kappa shape index (κ3) is 8.66. The lowest BCUT2D eigenvalue weighted by atomic mass is 9.83. The fraction of sp³-hybridized carbons (Fsp3) is 0.455. The van der Waals surface area contributed by atoms with Crippen LogP contribution in [0.3, 0.4) is 0 Å². The second-order valence-corrected chi connectivity index (χ2v) is 8.55. The Kier molecular flexibility index (Phi) is 12.5. The van der Waals surface area contributed by atoms with E-state index in [1.807, 2.05) is 12.1 Å². The zero-order valence-electron chi connectivity index (χ0n) is 15.6. The van der Waals surface area contributed by atoms with Crippen LogP contribution in [-0.4, -0.2) is 12.3 Å². The molecule has 0 amide bonds. The van der Waals surface area contributed by atoms with Gasteiger partial charge >= 0.3 is 0 Å². The Labute approximate surface area is 185 Å². The Morgan fingerprint density at radius 1 is 0.852 bits per heavy atom. The molecule has 2 aromatic rings. The van der Waals surface area contributed by atoms with Gasteiger partial charge in [-0.05, 0) is 67.0 Å². The normalized spacial score (nSPS) is 19.0. The maximum Gasteiger partial charge on any atom is 0.0450 e.